The number of hydrogen-bond donors (Lipinski definition) is 1. The Hall–Kier alpha value is -2.03. The molecule has 0 saturated carbocycles. The molecule has 0 spiro atoms. The molecule has 2 aromatic rings. The van der Waals surface area contributed by atoms with E-state index in [1.165, 1.54) is 12.3 Å². The topological polar surface area (TPSA) is 74.0 Å². The minimum absolute atomic E-state index is 0.198. The second kappa shape index (κ2) is 7.11. The van der Waals surface area contributed by atoms with Crippen LogP contribution >= 0.6 is 23.4 Å². The second-order valence-corrected chi connectivity index (χ2v) is 5.79. The summed E-state index contributed by atoms with van der Waals surface area (Å²) in [7, 11) is 0. The molecule has 1 atom stereocenters. The van der Waals surface area contributed by atoms with Crippen LogP contribution in [0, 0.1) is 11.3 Å². The highest BCUT2D eigenvalue weighted by Gasteiger charge is 2.22. The molecule has 0 aliphatic carbocycles. The van der Waals surface area contributed by atoms with Crippen LogP contribution in [0.5, 0.6) is 0 Å². The Morgan fingerprint density at radius 1 is 1.38 bits per heavy atom. The Morgan fingerprint density at radius 2 is 2.10 bits per heavy atom. The van der Waals surface area contributed by atoms with E-state index in [2.05, 4.69) is 4.98 Å². The van der Waals surface area contributed by atoms with Crippen molar-refractivity contribution in [3.63, 3.8) is 0 Å². The van der Waals surface area contributed by atoms with Gasteiger partial charge in [0.1, 0.15) is 16.3 Å². The van der Waals surface area contributed by atoms with E-state index in [1.54, 1.807) is 0 Å². The predicted molar refractivity (Wildman–Crippen MR) is 81.4 cm³/mol. The molecule has 1 aromatic carbocycles. The highest BCUT2D eigenvalue weighted by Crippen LogP contribution is 2.32. The summed E-state index contributed by atoms with van der Waals surface area (Å²) in [4.78, 5) is 15.5. The van der Waals surface area contributed by atoms with Crippen LogP contribution in [0.2, 0.25) is 5.02 Å². The van der Waals surface area contributed by atoms with Crippen LogP contribution in [-0.2, 0) is 11.2 Å². The molecule has 4 nitrogen and oxygen atoms in total. The van der Waals surface area contributed by atoms with Crippen molar-refractivity contribution in [2.24, 2.45) is 0 Å². The Morgan fingerprint density at radius 3 is 2.71 bits per heavy atom. The summed E-state index contributed by atoms with van der Waals surface area (Å²) >= 11 is 7.12. The lowest BCUT2D eigenvalue weighted by Gasteiger charge is -2.12. The van der Waals surface area contributed by atoms with Crippen LogP contribution in [0.3, 0.4) is 0 Å². The van der Waals surface area contributed by atoms with Crippen LogP contribution in [0.4, 0.5) is 0 Å². The summed E-state index contributed by atoms with van der Waals surface area (Å²) < 4.78 is 0. The number of benzene rings is 1. The molecule has 0 bridgehead atoms. The molecule has 0 aliphatic heterocycles. The number of pyridine rings is 1. The van der Waals surface area contributed by atoms with Crippen molar-refractivity contribution < 1.29 is 9.90 Å². The lowest BCUT2D eigenvalue weighted by Crippen LogP contribution is -2.19. The van der Waals surface area contributed by atoms with E-state index in [1.807, 2.05) is 36.4 Å². The lowest BCUT2D eigenvalue weighted by atomic mass is 10.1. The maximum Gasteiger partial charge on any atom is 0.317 e. The van der Waals surface area contributed by atoms with Gasteiger partial charge in [0.15, 0.2) is 0 Å². The summed E-state index contributed by atoms with van der Waals surface area (Å²) in [5.74, 6) is -0.941. The highest BCUT2D eigenvalue weighted by atomic mass is 35.5. The zero-order valence-electron chi connectivity index (χ0n) is 10.9. The fraction of sp³-hybridized carbons (Fsp3) is 0.133. The van der Waals surface area contributed by atoms with Gasteiger partial charge >= 0.3 is 5.97 Å². The van der Waals surface area contributed by atoms with Gasteiger partial charge in [-0.05, 0) is 18.1 Å². The van der Waals surface area contributed by atoms with Crippen molar-refractivity contribution in [3.8, 4) is 6.07 Å². The molecular formula is C15H11ClN2O2S. The van der Waals surface area contributed by atoms with E-state index in [-0.39, 0.29) is 10.6 Å². The molecule has 1 heterocycles. The molecule has 6 heteroatoms. The van der Waals surface area contributed by atoms with Crippen LogP contribution in [-0.4, -0.2) is 21.3 Å². The number of carboxylic acid groups (broad SMARTS) is 1. The SMILES string of the molecule is N#Cc1ccnc(SC(Cc2ccccc2)C(=O)O)c1Cl. The van der Waals surface area contributed by atoms with Gasteiger partial charge in [0, 0.05) is 6.20 Å². The third kappa shape index (κ3) is 3.97. The molecule has 0 fully saturated rings. The Labute approximate surface area is 131 Å². The van der Waals surface area contributed by atoms with Gasteiger partial charge in [-0.25, -0.2) is 4.98 Å². The number of aromatic nitrogens is 1. The predicted octanol–water partition coefficient (Wildman–Crippen LogP) is 3.39. The Balaban J connectivity index is 2.22. The normalized spacial score (nSPS) is 11.6. The van der Waals surface area contributed by atoms with E-state index in [9.17, 15) is 9.90 Å². The molecule has 0 saturated heterocycles. The number of nitrogens with zero attached hydrogens (tertiary/aromatic N) is 2. The van der Waals surface area contributed by atoms with Crippen molar-refractivity contribution in [1.82, 2.24) is 4.98 Å². The van der Waals surface area contributed by atoms with Gasteiger partial charge in [-0.15, -0.1) is 0 Å². The largest absolute Gasteiger partial charge is 0.480 e. The summed E-state index contributed by atoms with van der Waals surface area (Å²) in [5.41, 5.74) is 1.21. The zero-order valence-corrected chi connectivity index (χ0v) is 12.4. The molecule has 1 aromatic heterocycles. The molecule has 1 N–H and O–H groups in total. The van der Waals surface area contributed by atoms with Gasteiger partial charge < -0.3 is 5.11 Å². The van der Waals surface area contributed by atoms with Gasteiger partial charge in [-0.1, -0.05) is 53.7 Å². The lowest BCUT2D eigenvalue weighted by molar-refractivity contribution is -0.136. The van der Waals surface area contributed by atoms with Gasteiger partial charge in [0.25, 0.3) is 0 Å². The van der Waals surface area contributed by atoms with Gasteiger partial charge in [0.2, 0.25) is 0 Å². The molecule has 2 rings (SSSR count). The van der Waals surface area contributed by atoms with Crippen LogP contribution in [0.25, 0.3) is 0 Å². The van der Waals surface area contributed by atoms with Crippen molar-refractivity contribution in [1.29, 1.82) is 5.26 Å². The number of thioether (sulfide) groups is 1. The second-order valence-electron chi connectivity index (χ2n) is 4.22. The first kappa shape index (κ1) is 15.4. The van der Waals surface area contributed by atoms with Gasteiger partial charge in [-0.3, -0.25) is 4.79 Å². The smallest absolute Gasteiger partial charge is 0.317 e. The summed E-state index contributed by atoms with van der Waals surface area (Å²) in [6.45, 7) is 0. The zero-order chi connectivity index (χ0) is 15.2. The van der Waals surface area contributed by atoms with E-state index in [0.29, 0.717) is 11.4 Å². The van der Waals surface area contributed by atoms with Gasteiger partial charge in [0.05, 0.1) is 10.6 Å². The third-order valence-corrected chi connectivity index (χ3v) is 4.45. The minimum atomic E-state index is -0.941. The maximum atomic E-state index is 11.4. The number of halogens is 1. The number of hydrogen-bond acceptors (Lipinski definition) is 4. The summed E-state index contributed by atoms with van der Waals surface area (Å²) in [6.07, 6.45) is 1.81. The molecule has 0 aliphatic rings. The maximum absolute atomic E-state index is 11.4. The number of carboxylic acids is 1. The molecule has 0 radical (unpaired) electrons. The van der Waals surface area contributed by atoms with Crippen molar-refractivity contribution >= 4 is 29.3 Å². The molecule has 106 valence electrons. The summed E-state index contributed by atoms with van der Waals surface area (Å²) in [6, 6.07) is 12.8. The van der Waals surface area contributed by atoms with Crippen molar-refractivity contribution in [3.05, 3.63) is 58.7 Å². The number of rotatable bonds is 5. The molecular weight excluding hydrogens is 308 g/mol. The van der Waals surface area contributed by atoms with E-state index >= 15 is 0 Å². The standard InChI is InChI=1S/C15H11ClN2O2S/c16-13-11(9-17)6-7-18-14(13)21-12(15(19)20)8-10-4-2-1-3-5-10/h1-7,12H,8H2,(H,19,20). The van der Waals surface area contributed by atoms with Crippen molar-refractivity contribution in [2.75, 3.05) is 0 Å². The first-order chi connectivity index (χ1) is 10.1. The van der Waals surface area contributed by atoms with Crippen LogP contribution in [0.15, 0.2) is 47.6 Å². The Kier molecular flexibility index (Phi) is 5.20. The number of carbonyl (C=O) groups is 1. The van der Waals surface area contributed by atoms with Crippen molar-refractivity contribution in [2.45, 2.75) is 16.7 Å². The van der Waals surface area contributed by atoms with Gasteiger partial charge in [-0.2, -0.15) is 5.26 Å². The first-order valence-electron chi connectivity index (χ1n) is 6.10. The van der Waals surface area contributed by atoms with E-state index in [0.717, 1.165) is 17.3 Å². The summed E-state index contributed by atoms with van der Waals surface area (Å²) in [5, 5.41) is 18.1. The van der Waals surface area contributed by atoms with E-state index < -0.39 is 11.2 Å². The minimum Gasteiger partial charge on any atom is -0.480 e. The highest BCUT2D eigenvalue weighted by molar-refractivity contribution is 8.00. The number of aliphatic carboxylic acids is 1. The quantitative estimate of drug-likeness (QED) is 0.855. The van der Waals surface area contributed by atoms with Crippen LogP contribution in [0.1, 0.15) is 11.1 Å². The van der Waals surface area contributed by atoms with Crippen LogP contribution < -0.4 is 0 Å². The third-order valence-electron chi connectivity index (χ3n) is 2.77. The van der Waals surface area contributed by atoms with E-state index in [4.69, 9.17) is 16.9 Å². The monoisotopic (exact) mass is 318 g/mol. The first-order valence-corrected chi connectivity index (χ1v) is 7.35. The average molecular weight is 319 g/mol. The molecule has 1 unspecified atom stereocenters. The fourth-order valence-corrected chi connectivity index (χ4v) is 3.00. The number of nitriles is 1. The average Bonchev–Trinajstić information content (AvgIpc) is 2.49. The Bertz CT molecular complexity index is 686. The fourth-order valence-electron chi connectivity index (χ4n) is 1.74. The molecule has 0 amide bonds. The molecule has 21 heavy (non-hydrogen) atoms.